The summed E-state index contributed by atoms with van der Waals surface area (Å²) in [7, 11) is 1.99. The van der Waals surface area contributed by atoms with Crippen molar-refractivity contribution in [2.24, 2.45) is 4.99 Å². The van der Waals surface area contributed by atoms with Crippen LogP contribution in [0, 0.1) is 0 Å². The van der Waals surface area contributed by atoms with E-state index in [4.69, 9.17) is 4.74 Å². The second kappa shape index (κ2) is 6.58. The Hall–Kier alpha value is -0.400. The third kappa shape index (κ3) is 3.26. The van der Waals surface area contributed by atoms with Gasteiger partial charge in [-0.3, -0.25) is 9.89 Å². The zero-order valence-electron chi connectivity index (χ0n) is 11.4. The number of aliphatic hydroxyl groups is 1. The maximum absolute atomic E-state index is 10.6. The van der Waals surface area contributed by atoms with Crippen LogP contribution in [0.15, 0.2) is 29.3 Å². The molecule has 0 amide bonds. The molecule has 2 heterocycles. The van der Waals surface area contributed by atoms with Gasteiger partial charge in [0, 0.05) is 30.0 Å². The molecule has 1 unspecified atom stereocenters. The highest BCUT2D eigenvalue weighted by molar-refractivity contribution is 8.93. The lowest BCUT2D eigenvalue weighted by Crippen LogP contribution is -2.48. The number of thioether (sulfide) groups is 1. The number of likely N-dealkylation sites (N-methyl/N-ethyl adjacent to an activating group) is 1. The van der Waals surface area contributed by atoms with Crippen LogP contribution in [0.2, 0.25) is 0 Å². The number of nitrogens with zero attached hydrogens (tertiary/aromatic N) is 2. The molecule has 1 aromatic carbocycles. The first kappa shape index (κ1) is 16.0. The van der Waals surface area contributed by atoms with Gasteiger partial charge in [0.05, 0.1) is 18.2 Å². The molecule has 1 N–H and O–H groups in total. The highest BCUT2D eigenvalue weighted by atomic mass is 79.9. The summed E-state index contributed by atoms with van der Waals surface area (Å²) in [6, 6.07) is 7.91. The minimum Gasteiger partial charge on any atom is -0.361 e. The molecule has 1 atom stereocenters. The Morgan fingerprint density at radius 2 is 2.10 bits per heavy atom. The second-order valence-electron chi connectivity index (χ2n) is 4.98. The van der Waals surface area contributed by atoms with E-state index >= 15 is 0 Å². The van der Waals surface area contributed by atoms with Crippen molar-refractivity contribution in [3.05, 3.63) is 35.4 Å². The molecule has 0 spiro atoms. The quantitative estimate of drug-likeness (QED) is 0.876. The highest BCUT2D eigenvalue weighted by Crippen LogP contribution is 2.28. The van der Waals surface area contributed by atoms with Crippen molar-refractivity contribution >= 4 is 33.8 Å². The molecule has 4 nitrogen and oxygen atoms in total. The second-order valence-corrected chi connectivity index (χ2v) is 6.07. The minimum atomic E-state index is -1.18. The molecule has 0 aliphatic carbocycles. The van der Waals surface area contributed by atoms with E-state index in [-0.39, 0.29) is 17.0 Å². The van der Waals surface area contributed by atoms with Crippen molar-refractivity contribution in [1.29, 1.82) is 0 Å². The van der Waals surface area contributed by atoms with Gasteiger partial charge in [0.2, 0.25) is 5.79 Å². The third-order valence-corrected chi connectivity index (χ3v) is 4.49. The summed E-state index contributed by atoms with van der Waals surface area (Å²) in [4.78, 5) is 6.53. The van der Waals surface area contributed by atoms with Crippen LogP contribution < -0.4 is 0 Å². The lowest BCUT2D eigenvalue weighted by Gasteiger charge is -2.37. The molecule has 2 aliphatic rings. The Kier molecular flexibility index (Phi) is 5.25. The lowest BCUT2D eigenvalue weighted by atomic mass is 10.0. The van der Waals surface area contributed by atoms with Gasteiger partial charge in [-0.15, -0.1) is 28.7 Å². The van der Waals surface area contributed by atoms with Crippen LogP contribution in [-0.2, 0) is 10.5 Å². The molecule has 0 bridgehead atoms. The van der Waals surface area contributed by atoms with Crippen LogP contribution in [0.5, 0.6) is 0 Å². The molecule has 1 fully saturated rings. The number of hydrogen-bond acceptors (Lipinski definition) is 5. The summed E-state index contributed by atoms with van der Waals surface area (Å²) >= 11 is 1.78. The standard InChI is InChI=1S/C14H18N2O2S.BrH/c1-16-7-8-18-14(17,10-16)12-4-2-11(3-5-12)13-15-6-9-19-13;/h2-5,17H,6-10H2,1H3;1H. The summed E-state index contributed by atoms with van der Waals surface area (Å²) in [6.45, 7) is 2.81. The smallest absolute Gasteiger partial charge is 0.205 e. The summed E-state index contributed by atoms with van der Waals surface area (Å²) in [5.74, 6) is -0.120. The average Bonchev–Trinajstić information content (AvgIpc) is 2.92. The molecular formula is C14H19BrN2O2S. The van der Waals surface area contributed by atoms with Gasteiger partial charge in [-0.25, -0.2) is 0 Å². The molecule has 3 rings (SSSR count). The largest absolute Gasteiger partial charge is 0.361 e. The van der Waals surface area contributed by atoms with E-state index in [1.54, 1.807) is 11.8 Å². The summed E-state index contributed by atoms with van der Waals surface area (Å²) in [6.07, 6.45) is 0. The first-order chi connectivity index (χ1) is 9.17. The fraction of sp³-hybridized carbons (Fsp3) is 0.500. The number of hydrogen-bond donors (Lipinski definition) is 1. The minimum absolute atomic E-state index is 0. The summed E-state index contributed by atoms with van der Waals surface area (Å²) in [5, 5.41) is 11.7. The SMILES string of the molecule is Br.CN1CCOC(O)(c2ccc(C3=NCCS3)cc2)C1. The Morgan fingerprint density at radius 1 is 1.35 bits per heavy atom. The molecular weight excluding hydrogens is 340 g/mol. The van der Waals surface area contributed by atoms with Crippen molar-refractivity contribution < 1.29 is 9.84 Å². The van der Waals surface area contributed by atoms with Crippen molar-refractivity contribution in [3.63, 3.8) is 0 Å². The van der Waals surface area contributed by atoms with Crippen molar-refractivity contribution in [1.82, 2.24) is 4.90 Å². The van der Waals surface area contributed by atoms with Crippen LogP contribution in [0.1, 0.15) is 11.1 Å². The average molecular weight is 359 g/mol. The van der Waals surface area contributed by atoms with Crippen molar-refractivity contribution in [3.8, 4) is 0 Å². The number of aliphatic imine (C=N–C) groups is 1. The number of β-amino-alcohol motifs (C(OH)–C–C–N with tert-alkyl or cyclic N) is 1. The Labute approximate surface area is 134 Å². The zero-order chi connectivity index (χ0) is 13.3. The molecule has 0 radical (unpaired) electrons. The van der Waals surface area contributed by atoms with E-state index in [0.29, 0.717) is 13.2 Å². The fourth-order valence-corrected chi connectivity index (χ4v) is 3.28. The van der Waals surface area contributed by atoms with E-state index in [9.17, 15) is 5.11 Å². The molecule has 20 heavy (non-hydrogen) atoms. The summed E-state index contributed by atoms with van der Waals surface area (Å²) in [5.41, 5.74) is 1.94. The normalized spacial score (nSPS) is 27.0. The Balaban J connectivity index is 0.00000147. The van der Waals surface area contributed by atoms with Gasteiger partial charge in [-0.05, 0) is 7.05 Å². The van der Waals surface area contributed by atoms with Crippen LogP contribution in [0.4, 0.5) is 0 Å². The first-order valence-corrected chi connectivity index (χ1v) is 7.49. The van der Waals surface area contributed by atoms with E-state index in [0.717, 1.165) is 35.0 Å². The van der Waals surface area contributed by atoms with Gasteiger partial charge < -0.3 is 9.84 Å². The first-order valence-electron chi connectivity index (χ1n) is 6.50. The van der Waals surface area contributed by atoms with Gasteiger partial charge in [0.25, 0.3) is 0 Å². The van der Waals surface area contributed by atoms with Crippen molar-refractivity contribution in [2.75, 3.05) is 39.0 Å². The van der Waals surface area contributed by atoms with Gasteiger partial charge in [0.15, 0.2) is 0 Å². The number of halogens is 1. The van der Waals surface area contributed by atoms with Crippen LogP contribution in [0.25, 0.3) is 0 Å². The van der Waals surface area contributed by atoms with Crippen LogP contribution >= 0.6 is 28.7 Å². The number of ether oxygens (including phenoxy) is 1. The molecule has 6 heteroatoms. The van der Waals surface area contributed by atoms with Gasteiger partial charge in [0.1, 0.15) is 0 Å². The van der Waals surface area contributed by atoms with E-state index < -0.39 is 5.79 Å². The van der Waals surface area contributed by atoms with E-state index in [1.165, 1.54) is 0 Å². The van der Waals surface area contributed by atoms with E-state index in [1.807, 2.05) is 31.3 Å². The van der Waals surface area contributed by atoms with E-state index in [2.05, 4.69) is 9.89 Å². The molecule has 0 aromatic heterocycles. The topological polar surface area (TPSA) is 45.1 Å². The number of rotatable bonds is 2. The van der Waals surface area contributed by atoms with Crippen LogP contribution in [-0.4, -0.2) is 54.1 Å². The fourth-order valence-electron chi connectivity index (χ4n) is 2.42. The molecule has 2 aliphatic heterocycles. The predicted molar refractivity (Wildman–Crippen MR) is 88.0 cm³/mol. The van der Waals surface area contributed by atoms with Gasteiger partial charge in [-0.1, -0.05) is 24.3 Å². The van der Waals surface area contributed by atoms with Gasteiger partial charge >= 0.3 is 0 Å². The summed E-state index contributed by atoms with van der Waals surface area (Å²) < 4.78 is 5.57. The molecule has 0 saturated carbocycles. The maximum Gasteiger partial charge on any atom is 0.205 e. The Bertz CT molecular complexity index is 494. The third-order valence-electron chi connectivity index (χ3n) is 3.47. The zero-order valence-corrected chi connectivity index (χ0v) is 13.9. The monoisotopic (exact) mass is 358 g/mol. The number of benzene rings is 1. The predicted octanol–water partition coefficient (Wildman–Crippen LogP) is 1.86. The molecule has 110 valence electrons. The molecule has 1 aromatic rings. The lowest BCUT2D eigenvalue weighted by molar-refractivity contribution is -0.245. The highest BCUT2D eigenvalue weighted by Gasteiger charge is 2.35. The van der Waals surface area contributed by atoms with Crippen LogP contribution in [0.3, 0.4) is 0 Å². The molecule has 1 saturated heterocycles. The maximum atomic E-state index is 10.6. The van der Waals surface area contributed by atoms with Crippen molar-refractivity contribution in [2.45, 2.75) is 5.79 Å². The Morgan fingerprint density at radius 3 is 2.70 bits per heavy atom. The number of morpholine rings is 1. The van der Waals surface area contributed by atoms with Gasteiger partial charge in [-0.2, -0.15) is 0 Å².